The maximum absolute atomic E-state index is 13.6. The number of esters is 1. The summed E-state index contributed by atoms with van der Waals surface area (Å²) >= 11 is 11.0. The highest BCUT2D eigenvalue weighted by Gasteiger charge is 2.34. The molecular weight excluding hydrogens is 528 g/mol. The van der Waals surface area contributed by atoms with Crippen LogP contribution in [0.5, 0.6) is 5.75 Å². The number of rotatable bonds is 4. The number of aromatic nitrogens is 1. The van der Waals surface area contributed by atoms with Crippen molar-refractivity contribution in [2.24, 2.45) is 4.99 Å². The number of benzene rings is 2. The molecule has 4 rings (SSSR count). The van der Waals surface area contributed by atoms with Gasteiger partial charge in [0.15, 0.2) is 4.80 Å². The van der Waals surface area contributed by atoms with Crippen molar-refractivity contribution in [3.05, 3.63) is 94.0 Å². The maximum atomic E-state index is 13.6. The molecule has 6 nitrogen and oxygen atoms in total. The van der Waals surface area contributed by atoms with Gasteiger partial charge in [-0.25, -0.2) is 9.79 Å². The second-order valence-electron chi connectivity index (χ2n) is 7.77. The topological polar surface area (TPSA) is 80.9 Å². The van der Waals surface area contributed by atoms with Crippen molar-refractivity contribution in [1.29, 1.82) is 0 Å². The summed E-state index contributed by atoms with van der Waals surface area (Å²) in [6.45, 7) is 5.27. The number of aromatic hydroxyl groups is 1. The van der Waals surface area contributed by atoms with Gasteiger partial charge in [0.2, 0.25) is 0 Å². The molecule has 0 saturated carbocycles. The van der Waals surface area contributed by atoms with Crippen LogP contribution in [0.4, 0.5) is 0 Å². The van der Waals surface area contributed by atoms with Gasteiger partial charge in [0.25, 0.3) is 5.56 Å². The predicted molar refractivity (Wildman–Crippen MR) is 132 cm³/mol. The largest absolute Gasteiger partial charge is 0.507 e. The van der Waals surface area contributed by atoms with Gasteiger partial charge >= 0.3 is 5.97 Å². The molecule has 1 atom stereocenters. The highest BCUT2D eigenvalue weighted by Crippen LogP contribution is 2.34. The van der Waals surface area contributed by atoms with Crippen LogP contribution in [-0.2, 0) is 9.53 Å². The van der Waals surface area contributed by atoms with Crippen LogP contribution >= 0.6 is 38.9 Å². The van der Waals surface area contributed by atoms with Crippen LogP contribution in [0.15, 0.2) is 68.0 Å². The average molecular weight is 548 g/mol. The van der Waals surface area contributed by atoms with E-state index in [-0.39, 0.29) is 23.0 Å². The number of carbonyl (C=O) groups is 1. The Morgan fingerprint density at radius 3 is 2.70 bits per heavy atom. The summed E-state index contributed by atoms with van der Waals surface area (Å²) in [7, 11) is 0. The lowest BCUT2D eigenvalue weighted by Crippen LogP contribution is -2.40. The number of ether oxygens (including phenoxy) is 1. The number of phenols is 1. The van der Waals surface area contributed by atoms with Gasteiger partial charge in [-0.3, -0.25) is 9.36 Å². The lowest BCUT2D eigenvalue weighted by atomic mass is 9.96. The van der Waals surface area contributed by atoms with Gasteiger partial charge in [0.1, 0.15) is 11.8 Å². The van der Waals surface area contributed by atoms with Gasteiger partial charge in [-0.1, -0.05) is 47.2 Å². The monoisotopic (exact) mass is 546 g/mol. The Labute approximate surface area is 207 Å². The Morgan fingerprint density at radius 1 is 1.30 bits per heavy atom. The number of halogens is 2. The van der Waals surface area contributed by atoms with Gasteiger partial charge in [0, 0.05) is 5.02 Å². The molecular formula is C24H20BrClN2O4S. The van der Waals surface area contributed by atoms with E-state index in [1.165, 1.54) is 15.9 Å². The number of phenolic OH excluding ortho intramolecular Hbond substituents is 1. The normalized spacial score (nSPS) is 16.1. The fraction of sp³-hybridized carbons (Fsp3) is 0.208. The average Bonchev–Trinajstić information content (AvgIpc) is 3.04. The van der Waals surface area contributed by atoms with Crippen molar-refractivity contribution >= 4 is 50.9 Å². The van der Waals surface area contributed by atoms with Crippen LogP contribution in [0.2, 0.25) is 5.02 Å². The van der Waals surface area contributed by atoms with Gasteiger partial charge in [-0.15, -0.1) is 0 Å². The van der Waals surface area contributed by atoms with E-state index in [2.05, 4.69) is 20.9 Å². The summed E-state index contributed by atoms with van der Waals surface area (Å²) in [6, 6.07) is 11.3. The molecule has 0 saturated heterocycles. The smallest absolute Gasteiger partial charge is 0.338 e. The Balaban J connectivity index is 1.97. The zero-order chi connectivity index (χ0) is 23.9. The summed E-state index contributed by atoms with van der Waals surface area (Å²) in [6.07, 6.45) is 1.39. The lowest BCUT2D eigenvalue weighted by molar-refractivity contribution is -0.143. The molecule has 2 heterocycles. The summed E-state index contributed by atoms with van der Waals surface area (Å²) in [5, 5.41) is 10.2. The van der Waals surface area contributed by atoms with E-state index in [0.29, 0.717) is 30.1 Å². The first-order chi connectivity index (χ1) is 15.7. The van der Waals surface area contributed by atoms with E-state index in [1.54, 1.807) is 63.2 Å². The van der Waals surface area contributed by atoms with Crippen LogP contribution in [0.1, 0.15) is 37.9 Å². The SMILES string of the molecule is CC1=C(C(=O)OC(C)C)C(c2ccccc2Cl)n2c(sc(=Cc3ccc(O)c(Br)c3)c2=O)=N1. The second kappa shape index (κ2) is 9.29. The molecule has 0 fully saturated rings. The first kappa shape index (κ1) is 23.5. The van der Waals surface area contributed by atoms with Crippen LogP contribution in [-0.4, -0.2) is 21.7 Å². The van der Waals surface area contributed by atoms with Crippen molar-refractivity contribution in [3.63, 3.8) is 0 Å². The molecule has 2 aromatic carbocycles. The first-order valence-corrected chi connectivity index (χ1v) is 12.1. The number of hydrogen-bond acceptors (Lipinski definition) is 6. The zero-order valence-electron chi connectivity index (χ0n) is 18.0. The number of nitrogens with zero attached hydrogens (tertiary/aromatic N) is 2. The third-order valence-electron chi connectivity index (χ3n) is 5.05. The molecule has 0 amide bonds. The lowest BCUT2D eigenvalue weighted by Gasteiger charge is -2.26. The molecule has 33 heavy (non-hydrogen) atoms. The summed E-state index contributed by atoms with van der Waals surface area (Å²) < 4.78 is 7.94. The molecule has 3 aromatic rings. The minimum Gasteiger partial charge on any atom is -0.507 e. The molecule has 0 spiro atoms. The van der Waals surface area contributed by atoms with E-state index in [9.17, 15) is 14.7 Å². The van der Waals surface area contributed by atoms with Crippen molar-refractivity contribution in [3.8, 4) is 5.75 Å². The van der Waals surface area contributed by atoms with Crippen molar-refractivity contribution in [1.82, 2.24) is 4.57 Å². The highest BCUT2D eigenvalue weighted by molar-refractivity contribution is 9.10. The Bertz CT molecular complexity index is 1470. The summed E-state index contributed by atoms with van der Waals surface area (Å²) in [5.74, 6) is -0.427. The number of fused-ring (bicyclic) bond motifs is 1. The molecule has 1 aromatic heterocycles. The maximum Gasteiger partial charge on any atom is 0.338 e. The third-order valence-corrected chi connectivity index (χ3v) is 7.02. The van der Waals surface area contributed by atoms with E-state index < -0.39 is 12.0 Å². The number of carbonyl (C=O) groups excluding carboxylic acids is 1. The number of allylic oxidation sites excluding steroid dienone is 1. The Kier molecular flexibility index (Phi) is 6.61. The molecule has 170 valence electrons. The first-order valence-electron chi connectivity index (χ1n) is 10.1. The quantitative estimate of drug-likeness (QED) is 0.494. The summed E-state index contributed by atoms with van der Waals surface area (Å²) in [5.41, 5.74) is 1.81. The minimum absolute atomic E-state index is 0.108. The molecule has 1 aliphatic rings. The third kappa shape index (κ3) is 4.55. The van der Waals surface area contributed by atoms with Crippen LogP contribution in [0.25, 0.3) is 6.08 Å². The second-order valence-corrected chi connectivity index (χ2v) is 10.0. The van der Waals surface area contributed by atoms with Gasteiger partial charge in [-0.05, 0) is 72.1 Å². The predicted octanol–water partition coefficient (Wildman–Crippen LogP) is 4.31. The molecule has 1 unspecified atom stereocenters. The molecule has 1 aliphatic heterocycles. The van der Waals surface area contributed by atoms with Crippen molar-refractivity contribution in [2.45, 2.75) is 32.9 Å². The van der Waals surface area contributed by atoms with Crippen molar-refractivity contribution < 1.29 is 14.6 Å². The van der Waals surface area contributed by atoms with Gasteiger partial charge < -0.3 is 9.84 Å². The van der Waals surface area contributed by atoms with E-state index in [1.807, 2.05) is 6.07 Å². The number of thiazole rings is 1. The summed E-state index contributed by atoms with van der Waals surface area (Å²) in [4.78, 5) is 31.7. The Morgan fingerprint density at radius 2 is 2.03 bits per heavy atom. The minimum atomic E-state index is -0.769. The van der Waals surface area contributed by atoms with Crippen LogP contribution in [0, 0.1) is 0 Å². The van der Waals surface area contributed by atoms with Crippen LogP contribution in [0.3, 0.4) is 0 Å². The standard InChI is InChI=1S/C24H20BrClN2O4S/c1-12(2)32-23(31)20-13(3)27-24-28(21(20)15-6-4-5-7-17(15)26)22(30)19(33-24)11-14-8-9-18(29)16(25)10-14/h4-12,21,29H,1-3H3. The van der Waals surface area contributed by atoms with Crippen LogP contribution < -0.4 is 14.9 Å². The zero-order valence-corrected chi connectivity index (χ0v) is 21.2. The van der Waals surface area contributed by atoms with E-state index >= 15 is 0 Å². The van der Waals surface area contributed by atoms with E-state index in [0.717, 1.165) is 5.56 Å². The number of hydrogen-bond donors (Lipinski definition) is 1. The fourth-order valence-corrected chi connectivity index (χ4v) is 5.30. The highest BCUT2D eigenvalue weighted by atomic mass is 79.9. The van der Waals surface area contributed by atoms with E-state index in [4.69, 9.17) is 16.3 Å². The van der Waals surface area contributed by atoms with Crippen molar-refractivity contribution in [2.75, 3.05) is 0 Å². The fourth-order valence-electron chi connectivity index (χ4n) is 3.62. The molecule has 0 bridgehead atoms. The van der Waals surface area contributed by atoms with Gasteiger partial charge in [0.05, 0.1) is 26.4 Å². The molecule has 9 heteroatoms. The molecule has 0 radical (unpaired) electrons. The van der Waals surface area contributed by atoms with Gasteiger partial charge in [-0.2, -0.15) is 0 Å². The molecule has 1 N–H and O–H groups in total. The molecule has 0 aliphatic carbocycles. The Hall–Kier alpha value is -2.68.